The largest absolute Gasteiger partial charge is 0.456 e. The average Bonchev–Trinajstić information content (AvgIpc) is 3.59. The van der Waals surface area contributed by atoms with Gasteiger partial charge in [-0.1, -0.05) is 133 Å². The maximum atomic E-state index is 9.52. The highest BCUT2D eigenvalue weighted by Gasteiger charge is 2.20. The van der Waals surface area contributed by atoms with Gasteiger partial charge in [0.05, 0.1) is 15.1 Å². The van der Waals surface area contributed by atoms with E-state index >= 15 is 0 Å². The Morgan fingerprint density at radius 2 is 1.12 bits per heavy atom. The van der Waals surface area contributed by atoms with Gasteiger partial charge < -0.3 is 4.42 Å². The van der Waals surface area contributed by atoms with Crippen molar-refractivity contribution in [3.05, 3.63) is 157 Å². The Kier molecular flexibility index (Phi) is 3.41. The van der Waals surface area contributed by atoms with Gasteiger partial charge in [-0.2, -0.15) is 0 Å². The molecule has 0 aliphatic rings. The minimum atomic E-state index is -0.653. The van der Waals surface area contributed by atoms with E-state index in [4.69, 9.17) is 16.8 Å². The molecular weight excluding hydrogens is 520 g/mol. The summed E-state index contributed by atoms with van der Waals surface area (Å²) in [6, 6.07) is 23.9. The van der Waals surface area contributed by atoms with Gasteiger partial charge in [0.2, 0.25) is 0 Å². The molecule has 0 aliphatic carbocycles. The second kappa shape index (κ2) is 9.44. The third kappa shape index (κ3) is 3.72. The molecule has 0 saturated carbocycles. The predicted octanol–water partition coefficient (Wildman–Crippen LogP) is 12.0. The molecule has 43 heavy (non-hydrogen) atoms. The van der Waals surface area contributed by atoms with Gasteiger partial charge in [-0.25, -0.2) is 0 Å². The van der Waals surface area contributed by atoms with Gasteiger partial charge >= 0.3 is 0 Å². The summed E-state index contributed by atoms with van der Waals surface area (Å²) in [7, 11) is 0. The molecule has 0 spiro atoms. The summed E-state index contributed by atoms with van der Waals surface area (Å²) < 4.78 is 103. The molecule has 8 aromatic carbocycles. The van der Waals surface area contributed by atoms with Crippen LogP contribution >= 0.6 is 0 Å². The molecule has 0 bridgehead atoms. The highest BCUT2D eigenvalue weighted by atomic mass is 16.3. The van der Waals surface area contributed by atoms with Crippen LogP contribution in [-0.4, -0.2) is 0 Å². The average molecular weight is 558 g/mol. The number of rotatable bonds is 3. The van der Waals surface area contributed by atoms with E-state index in [-0.39, 0.29) is 39.1 Å². The molecule has 1 aromatic heterocycles. The van der Waals surface area contributed by atoms with Crippen molar-refractivity contribution < 1.29 is 19.5 Å². The van der Waals surface area contributed by atoms with Crippen LogP contribution in [0.3, 0.4) is 0 Å². The third-order valence-electron chi connectivity index (χ3n) is 8.04. The van der Waals surface area contributed by atoms with E-state index in [1.807, 2.05) is 60.7 Å². The molecule has 1 nitrogen and oxygen atoms in total. The van der Waals surface area contributed by atoms with Crippen LogP contribution in [0.1, 0.15) is 15.1 Å². The van der Waals surface area contributed by atoms with Gasteiger partial charge in [0.15, 0.2) is 0 Å². The zero-order valence-corrected chi connectivity index (χ0v) is 22.6. The van der Waals surface area contributed by atoms with Crippen molar-refractivity contribution in [2.24, 2.45) is 0 Å². The van der Waals surface area contributed by atoms with Gasteiger partial charge in [-0.15, -0.1) is 0 Å². The summed E-state index contributed by atoms with van der Waals surface area (Å²) in [4.78, 5) is 0. The molecule has 0 N–H and O–H groups in total. The van der Waals surface area contributed by atoms with Crippen LogP contribution in [0.25, 0.3) is 87.6 Å². The zero-order chi connectivity index (χ0) is 37.9. The zero-order valence-electron chi connectivity index (χ0n) is 33.6. The molecule has 0 fully saturated rings. The molecular formula is C42H26O. The van der Waals surface area contributed by atoms with E-state index in [9.17, 15) is 2.74 Å². The first-order valence-electron chi connectivity index (χ1n) is 19.4. The topological polar surface area (TPSA) is 13.1 Å². The highest BCUT2D eigenvalue weighted by Crippen LogP contribution is 2.47. The Morgan fingerprint density at radius 3 is 1.86 bits per heavy atom. The fourth-order valence-corrected chi connectivity index (χ4v) is 6.19. The maximum absolute atomic E-state index is 9.52. The van der Waals surface area contributed by atoms with Gasteiger partial charge in [0.1, 0.15) is 11.2 Å². The van der Waals surface area contributed by atoms with E-state index in [0.717, 1.165) is 43.4 Å². The standard InChI is InChI=1S/C42H26O/c1-2-11-27(12-3-1)30-23-24-38-37(26-30)42-36(19-10-20-39(42)43-38)41-34-17-8-6-15-32(34)40(33-16-7-9-18-35(33)41)31-22-21-28-13-4-5-14-29(28)25-31/h1-26H/i1D,2D,3D,10D,11D,12D,19D,20D,23D,24D,26D. The van der Waals surface area contributed by atoms with E-state index in [1.165, 1.54) is 0 Å². The summed E-state index contributed by atoms with van der Waals surface area (Å²) >= 11 is 0. The Hall–Kier alpha value is -5.66. The molecule has 0 radical (unpaired) electrons. The van der Waals surface area contributed by atoms with Crippen LogP contribution in [-0.2, 0) is 0 Å². The first-order chi connectivity index (χ1) is 25.9. The van der Waals surface area contributed by atoms with E-state index in [0.29, 0.717) is 5.56 Å². The van der Waals surface area contributed by atoms with Gasteiger partial charge in [0.25, 0.3) is 0 Å². The van der Waals surface area contributed by atoms with E-state index in [2.05, 4.69) is 30.3 Å². The lowest BCUT2D eigenvalue weighted by Gasteiger charge is -2.18. The molecule has 0 atom stereocenters. The molecule has 9 aromatic rings. The third-order valence-corrected chi connectivity index (χ3v) is 8.04. The van der Waals surface area contributed by atoms with Crippen molar-refractivity contribution in [1.82, 2.24) is 0 Å². The maximum Gasteiger partial charge on any atom is 0.136 e. The quantitative estimate of drug-likeness (QED) is 0.197. The summed E-state index contributed by atoms with van der Waals surface area (Å²) in [6.45, 7) is 0. The predicted molar refractivity (Wildman–Crippen MR) is 183 cm³/mol. The second-order valence-electron chi connectivity index (χ2n) is 10.4. The monoisotopic (exact) mass is 557 g/mol. The van der Waals surface area contributed by atoms with Crippen LogP contribution in [0.5, 0.6) is 0 Å². The molecule has 1 heteroatoms. The minimum absolute atomic E-state index is 0.0587. The summed E-state index contributed by atoms with van der Waals surface area (Å²) in [5.41, 5.74) is 1.47. The molecule has 9 rings (SSSR count). The Balaban J connectivity index is 1.48. The number of fused-ring (bicyclic) bond motifs is 6. The molecule has 0 unspecified atom stereocenters. The Labute approximate surface area is 264 Å². The fourth-order valence-electron chi connectivity index (χ4n) is 6.19. The van der Waals surface area contributed by atoms with Crippen LogP contribution in [0.2, 0.25) is 0 Å². The number of benzene rings is 8. The molecule has 1 heterocycles. The van der Waals surface area contributed by atoms with E-state index in [1.54, 1.807) is 0 Å². The van der Waals surface area contributed by atoms with Crippen molar-refractivity contribution in [2.45, 2.75) is 0 Å². The van der Waals surface area contributed by atoms with Crippen molar-refractivity contribution in [1.29, 1.82) is 0 Å². The van der Waals surface area contributed by atoms with Crippen molar-refractivity contribution in [2.75, 3.05) is 0 Å². The van der Waals surface area contributed by atoms with Gasteiger partial charge in [-0.3, -0.25) is 0 Å². The van der Waals surface area contributed by atoms with Crippen LogP contribution in [0.4, 0.5) is 0 Å². The SMILES string of the molecule is [2H]c1c([2H])c([2H])c(-c2c([2H])c([2H])c3oc4c([2H])c([2H])c([2H])c(-c5c6ccccc6c(-c6ccc7ccccc7c6)c6ccccc56)c4c3c2[2H])c([2H])c1[2H]. The highest BCUT2D eigenvalue weighted by molar-refractivity contribution is 6.26. The summed E-state index contributed by atoms with van der Waals surface area (Å²) in [6.07, 6.45) is 0. The lowest BCUT2D eigenvalue weighted by Crippen LogP contribution is -1.91. The van der Waals surface area contributed by atoms with Gasteiger partial charge in [0, 0.05) is 10.8 Å². The normalized spacial score (nSPS) is 15.3. The van der Waals surface area contributed by atoms with Crippen LogP contribution < -0.4 is 0 Å². The smallest absolute Gasteiger partial charge is 0.136 e. The summed E-state index contributed by atoms with van der Waals surface area (Å²) in [5.74, 6) is 0. The number of hydrogen-bond acceptors (Lipinski definition) is 1. The molecule has 200 valence electrons. The van der Waals surface area contributed by atoms with Crippen LogP contribution in [0.15, 0.2) is 162 Å². The van der Waals surface area contributed by atoms with Crippen LogP contribution in [0, 0.1) is 0 Å². The number of furan rings is 1. The first-order valence-corrected chi connectivity index (χ1v) is 13.9. The Morgan fingerprint density at radius 1 is 0.442 bits per heavy atom. The minimum Gasteiger partial charge on any atom is -0.456 e. The van der Waals surface area contributed by atoms with Crippen molar-refractivity contribution in [3.8, 4) is 33.4 Å². The lowest BCUT2D eigenvalue weighted by molar-refractivity contribution is 0.669. The Bertz CT molecular complexity index is 3040. The first kappa shape index (κ1) is 15.5. The molecule has 0 aliphatic heterocycles. The molecule has 0 amide bonds. The van der Waals surface area contributed by atoms with Crippen molar-refractivity contribution >= 4 is 54.3 Å². The molecule has 0 saturated heterocycles. The van der Waals surface area contributed by atoms with Crippen molar-refractivity contribution in [3.63, 3.8) is 0 Å². The second-order valence-corrected chi connectivity index (χ2v) is 10.4. The summed E-state index contributed by atoms with van der Waals surface area (Å²) in [5, 5.41) is 5.34. The van der Waals surface area contributed by atoms with Gasteiger partial charge in [-0.05, 0) is 89.9 Å². The fraction of sp³-hybridized carbons (Fsp3) is 0. The number of hydrogen-bond donors (Lipinski definition) is 0. The van der Waals surface area contributed by atoms with E-state index < -0.39 is 66.0 Å². The lowest BCUT2D eigenvalue weighted by atomic mass is 9.84.